The van der Waals surface area contributed by atoms with Crippen molar-refractivity contribution in [3.05, 3.63) is 30.1 Å². The number of hydrogen-bond acceptors (Lipinski definition) is 7. The van der Waals surface area contributed by atoms with Gasteiger partial charge in [-0.1, -0.05) is 0 Å². The van der Waals surface area contributed by atoms with Crippen LogP contribution in [0.5, 0.6) is 0 Å². The zero-order chi connectivity index (χ0) is 18.1. The molecular weight excluding hydrogens is 340 g/mol. The molecule has 0 radical (unpaired) electrons. The van der Waals surface area contributed by atoms with E-state index in [-0.39, 0.29) is 22.3 Å². The second kappa shape index (κ2) is 6.05. The third-order valence-corrected chi connectivity index (χ3v) is 2.98. The largest absolute Gasteiger partial charge is 0.464 e. The molecule has 0 saturated carbocycles. The maximum Gasteiger partial charge on any atom is 0.412 e. The number of carbonyl (C=O) groups excluding carboxylic acids is 1. The van der Waals surface area contributed by atoms with Crippen LogP contribution in [0, 0.1) is 0 Å². The third kappa shape index (κ3) is 2.88. The summed E-state index contributed by atoms with van der Waals surface area (Å²) in [5, 5.41) is 22.4. The van der Waals surface area contributed by atoms with Crippen LogP contribution in [0.4, 0.5) is 23.2 Å². The Balaban J connectivity index is 2.34. The van der Waals surface area contributed by atoms with Gasteiger partial charge in [0, 0.05) is 5.56 Å². The van der Waals surface area contributed by atoms with Crippen molar-refractivity contribution >= 4 is 11.7 Å². The summed E-state index contributed by atoms with van der Waals surface area (Å²) in [4.78, 5) is 14.1. The van der Waals surface area contributed by atoms with Gasteiger partial charge in [-0.2, -0.15) is 22.7 Å². The van der Waals surface area contributed by atoms with Gasteiger partial charge in [-0.25, -0.2) is 9.78 Å². The number of benzene rings is 1. The lowest BCUT2D eigenvalue weighted by Crippen LogP contribution is -2.46. The van der Waals surface area contributed by atoms with E-state index in [2.05, 4.69) is 14.8 Å². The highest BCUT2D eigenvalue weighted by Gasteiger charge is 2.66. The van der Waals surface area contributed by atoms with Crippen LogP contribution >= 0.6 is 0 Å². The zero-order valence-corrected chi connectivity index (χ0v) is 11.9. The quantitative estimate of drug-likeness (QED) is 0.429. The molecule has 24 heavy (non-hydrogen) atoms. The van der Waals surface area contributed by atoms with Gasteiger partial charge in [-0.3, -0.25) is 15.5 Å². The fourth-order valence-corrected chi connectivity index (χ4v) is 1.68. The highest BCUT2D eigenvalue weighted by molar-refractivity contribution is 5.79. The number of methoxy groups -OCH3 is 1. The number of ether oxygens (including phenoxy) is 1. The van der Waals surface area contributed by atoms with Gasteiger partial charge >= 0.3 is 17.8 Å². The first-order chi connectivity index (χ1) is 11.1. The van der Waals surface area contributed by atoms with E-state index in [9.17, 15) is 22.4 Å². The average Bonchev–Trinajstić information content (AvgIpc) is 3.04. The Morgan fingerprint density at radius 1 is 1.21 bits per heavy atom. The summed E-state index contributed by atoms with van der Waals surface area (Å²) in [5.41, 5.74) is 0.0809. The second-order valence-corrected chi connectivity index (χ2v) is 4.48. The number of halogens is 4. The summed E-state index contributed by atoms with van der Waals surface area (Å²) >= 11 is 0. The number of carbonyl (C=O) groups is 1. The first-order valence-electron chi connectivity index (χ1n) is 6.16. The van der Waals surface area contributed by atoms with Crippen molar-refractivity contribution in [1.29, 1.82) is 0 Å². The van der Waals surface area contributed by atoms with Gasteiger partial charge in [0.1, 0.15) is 0 Å². The van der Waals surface area contributed by atoms with Crippen molar-refractivity contribution in [3.8, 4) is 11.4 Å². The minimum atomic E-state index is -5.14. The topological polar surface area (TPSA) is 112 Å². The van der Waals surface area contributed by atoms with Gasteiger partial charge in [-0.15, -0.1) is 5.23 Å². The summed E-state index contributed by atoms with van der Waals surface area (Å²) in [6.07, 6.45) is 0. The Bertz CT molecular complexity index is 733. The number of aromatic nitrogens is 3. The standard InChI is InChI=1S/C12H10F4N4O4/c1-24-10(21)12(15,16)11(13,14)9-17-8(18-19-9)6-2-4-7(5-3-6)20(22)23/h2-5,22-23H,1H3,(H,17,18,19). The van der Waals surface area contributed by atoms with Gasteiger partial charge in [0.05, 0.1) is 12.8 Å². The Morgan fingerprint density at radius 3 is 2.29 bits per heavy atom. The molecule has 130 valence electrons. The van der Waals surface area contributed by atoms with E-state index < -0.39 is 23.6 Å². The monoisotopic (exact) mass is 350 g/mol. The molecule has 0 aliphatic carbocycles. The van der Waals surface area contributed by atoms with Gasteiger partial charge in [-0.05, 0) is 24.3 Å². The Kier molecular flexibility index (Phi) is 4.44. The van der Waals surface area contributed by atoms with Crippen molar-refractivity contribution < 1.29 is 37.5 Å². The lowest BCUT2D eigenvalue weighted by atomic mass is 10.1. The molecule has 0 saturated heterocycles. The molecule has 1 aromatic heterocycles. The van der Waals surface area contributed by atoms with Crippen molar-refractivity contribution in [3.63, 3.8) is 0 Å². The van der Waals surface area contributed by atoms with E-state index in [1.54, 1.807) is 5.10 Å². The SMILES string of the molecule is COC(=O)C(F)(F)C(F)(F)c1nc(-c2ccc(N(O)O)cc2)n[nH]1. The van der Waals surface area contributed by atoms with Crippen LogP contribution in [0.25, 0.3) is 11.4 Å². The lowest BCUT2D eigenvalue weighted by molar-refractivity contribution is -0.233. The number of rotatable bonds is 5. The Labute approximate surface area is 131 Å². The summed E-state index contributed by atoms with van der Waals surface area (Å²) in [6, 6.07) is 4.84. The van der Waals surface area contributed by atoms with Crippen molar-refractivity contribution in [2.24, 2.45) is 0 Å². The highest BCUT2D eigenvalue weighted by Crippen LogP contribution is 2.42. The number of nitrogens with one attached hydrogen (secondary N) is 1. The molecule has 0 unspecified atom stereocenters. The maximum atomic E-state index is 13.8. The van der Waals surface area contributed by atoms with E-state index in [0.29, 0.717) is 7.11 Å². The van der Waals surface area contributed by atoms with Crippen molar-refractivity contribution in [1.82, 2.24) is 15.2 Å². The molecule has 2 rings (SSSR count). The van der Waals surface area contributed by atoms with Gasteiger partial charge < -0.3 is 4.74 Å². The number of esters is 1. The summed E-state index contributed by atoms with van der Waals surface area (Å²) < 4.78 is 58.2. The fraction of sp³-hybridized carbons (Fsp3) is 0.250. The lowest BCUT2D eigenvalue weighted by Gasteiger charge is -2.21. The number of aromatic amines is 1. The molecular formula is C12H10F4N4O4. The zero-order valence-electron chi connectivity index (χ0n) is 11.9. The number of hydrogen-bond donors (Lipinski definition) is 3. The molecule has 2 aromatic rings. The van der Waals surface area contributed by atoms with E-state index >= 15 is 0 Å². The van der Waals surface area contributed by atoms with Crippen LogP contribution in [-0.4, -0.2) is 44.6 Å². The van der Waals surface area contributed by atoms with Crippen LogP contribution in [0.3, 0.4) is 0 Å². The van der Waals surface area contributed by atoms with Crippen LogP contribution in [0.15, 0.2) is 24.3 Å². The molecule has 0 fully saturated rings. The maximum absolute atomic E-state index is 13.8. The number of nitrogens with zero attached hydrogens (tertiary/aromatic N) is 3. The van der Waals surface area contributed by atoms with Crippen molar-refractivity contribution in [2.75, 3.05) is 12.3 Å². The van der Waals surface area contributed by atoms with E-state index in [0.717, 1.165) is 0 Å². The molecule has 12 heteroatoms. The molecule has 0 spiro atoms. The number of alkyl halides is 4. The number of H-pyrrole nitrogens is 1. The fourth-order valence-electron chi connectivity index (χ4n) is 1.68. The normalized spacial score (nSPS) is 12.1. The van der Waals surface area contributed by atoms with Gasteiger partial charge in [0.25, 0.3) is 0 Å². The van der Waals surface area contributed by atoms with Gasteiger partial charge in [0.2, 0.25) is 5.82 Å². The average molecular weight is 350 g/mol. The molecule has 0 atom stereocenters. The molecule has 3 N–H and O–H groups in total. The summed E-state index contributed by atoms with van der Waals surface area (Å²) in [7, 11) is 0.547. The molecule has 0 amide bonds. The van der Waals surface area contributed by atoms with Gasteiger partial charge in [0.15, 0.2) is 5.82 Å². The van der Waals surface area contributed by atoms with E-state index in [1.165, 1.54) is 24.3 Å². The molecule has 8 nitrogen and oxygen atoms in total. The molecule has 0 aliphatic heterocycles. The minimum absolute atomic E-state index is 0.0444. The van der Waals surface area contributed by atoms with Crippen LogP contribution < -0.4 is 5.23 Å². The molecule has 0 bridgehead atoms. The van der Waals surface area contributed by atoms with E-state index in [1.807, 2.05) is 0 Å². The smallest absolute Gasteiger partial charge is 0.412 e. The predicted octanol–water partition coefficient (Wildman–Crippen LogP) is 1.96. The van der Waals surface area contributed by atoms with E-state index in [4.69, 9.17) is 10.4 Å². The predicted molar refractivity (Wildman–Crippen MR) is 68.7 cm³/mol. The molecule has 1 heterocycles. The summed E-state index contributed by atoms with van der Waals surface area (Å²) in [5.74, 6) is -14.4. The summed E-state index contributed by atoms with van der Waals surface area (Å²) in [6.45, 7) is 0. The third-order valence-electron chi connectivity index (χ3n) is 2.98. The Morgan fingerprint density at radius 2 is 1.79 bits per heavy atom. The number of anilines is 1. The van der Waals surface area contributed by atoms with Crippen molar-refractivity contribution in [2.45, 2.75) is 11.8 Å². The van der Waals surface area contributed by atoms with Crippen LogP contribution in [0.2, 0.25) is 0 Å². The van der Waals surface area contributed by atoms with Crippen LogP contribution in [0.1, 0.15) is 5.82 Å². The molecule has 1 aromatic carbocycles. The Hall–Kier alpha value is -2.73. The first-order valence-corrected chi connectivity index (χ1v) is 6.16. The highest BCUT2D eigenvalue weighted by atomic mass is 19.3. The minimum Gasteiger partial charge on any atom is -0.464 e. The van der Waals surface area contributed by atoms with Crippen LogP contribution in [-0.2, 0) is 15.5 Å². The first kappa shape index (κ1) is 17.6. The molecule has 0 aliphatic rings. The second-order valence-electron chi connectivity index (χ2n) is 4.48.